The molecule has 0 unspecified atom stereocenters. The highest BCUT2D eigenvalue weighted by molar-refractivity contribution is 6.66. The van der Waals surface area contributed by atoms with E-state index in [4.69, 9.17) is 13.7 Å². The van der Waals surface area contributed by atoms with Crippen LogP contribution in [-0.4, -0.2) is 18.3 Å². The zero-order valence-corrected chi connectivity index (χ0v) is 25.0. The molecule has 0 amide bonds. The molecule has 7 rings (SSSR count). The molecule has 204 valence electrons. The molecule has 1 aliphatic rings. The Bertz CT molecular complexity index is 1800. The molecule has 0 N–H and O–H groups in total. The lowest BCUT2D eigenvalue weighted by molar-refractivity contribution is 0.00578. The van der Waals surface area contributed by atoms with Gasteiger partial charge in [0.15, 0.2) is 0 Å². The third-order valence-electron chi connectivity index (χ3n) is 8.11. The van der Waals surface area contributed by atoms with Crippen LogP contribution >= 0.6 is 0 Å². The third kappa shape index (κ3) is 4.60. The first-order valence-corrected chi connectivity index (χ1v) is 14.5. The summed E-state index contributed by atoms with van der Waals surface area (Å²) in [5.41, 5.74) is 4.25. The Morgan fingerprint density at radius 1 is 0.525 bits per heavy atom. The average molecular weight is 531 g/mol. The molecule has 4 heteroatoms. The quantitative estimate of drug-likeness (QED) is 0.165. The number of benzene rings is 5. The van der Waals surface area contributed by atoms with E-state index in [2.05, 4.69) is 107 Å². The van der Waals surface area contributed by atoms with Crippen molar-refractivity contribution in [1.29, 1.82) is 0 Å². The topological polar surface area (TPSA) is 31.6 Å². The Labute approximate surface area is 238 Å². The number of hydrogen-bond donors (Lipinski definition) is 0. The normalized spacial score (nSPS) is 15.7. The molecule has 40 heavy (non-hydrogen) atoms. The first-order chi connectivity index (χ1) is 19.3. The van der Waals surface area contributed by atoms with Crippen LogP contribution in [0, 0.1) is 0 Å². The molecule has 2 heterocycles. The van der Waals surface area contributed by atoms with E-state index in [9.17, 15) is 0 Å². The minimum Gasteiger partial charge on any atom is -0.456 e. The molecule has 0 saturated carbocycles. The van der Waals surface area contributed by atoms with E-state index in [-0.39, 0.29) is 0 Å². The summed E-state index contributed by atoms with van der Waals surface area (Å²) in [4.78, 5) is 0. The highest BCUT2D eigenvalue weighted by Gasteiger charge is 2.52. The molecular weight excluding hydrogens is 491 g/mol. The Morgan fingerprint density at radius 2 is 1.15 bits per heavy atom. The zero-order chi connectivity index (χ0) is 28.7. The minimum absolute atomic E-state index is 0.403. The van der Waals surface area contributed by atoms with Crippen LogP contribution in [0.15, 0.2) is 95.4 Å². The smallest absolute Gasteiger partial charge is 0.456 e. The van der Waals surface area contributed by atoms with Crippen molar-refractivity contribution in [3.8, 4) is 11.1 Å². The van der Waals surface area contributed by atoms with Crippen molar-refractivity contribution < 1.29 is 13.7 Å². The summed E-state index contributed by atoms with van der Waals surface area (Å²) in [5.74, 6) is 0. The first kappa shape index (κ1) is 28.0. The highest BCUT2D eigenvalue weighted by atomic mass is 16.7. The molecule has 3 nitrogen and oxygen atoms in total. The second kappa shape index (κ2) is 10.8. The minimum atomic E-state index is -0.447. The molecule has 6 aromatic rings. The lowest BCUT2D eigenvalue weighted by Crippen LogP contribution is -2.41. The fourth-order valence-electron chi connectivity index (χ4n) is 5.39. The van der Waals surface area contributed by atoms with E-state index < -0.39 is 18.3 Å². The molecule has 1 aromatic heterocycles. The van der Waals surface area contributed by atoms with E-state index in [1.54, 1.807) is 0 Å². The Morgan fingerprint density at radius 3 is 1.90 bits per heavy atom. The van der Waals surface area contributed by atoms with Crippen LogP contribution in [0.2, 0.25) is 0 Å². The summed E-state index contributed by atoms with van der Waals surface area (Å²) >= 11 is 0. The van der Waals surface area contributed by atoms with Gasteiger partial charge in [0.2, 0.25) is 0 Å². The summed E-state index contributed by atoms with van der Waals surface area (Å²) in [6, 6.07) is 32.3. The Balaban J connectivity index is 0.000000774. The molecule has 1 saturated heterocycles. The second-order valence-electron chi connectivity index (χ2n) is 10.8. The standard InChI is InChI=1S/C32H27BO3.2C2H6/c1-31(2)32(3,4)36-33(35-31)27-10-7-11-29-30(27)26-19-22(15-17-28(26)34-29)21-14-16-25-23(18-21)13-12-20-8-5-6-9-24(20)25;2*1-2/h5-19H,1-4H3;2*1-2H3. The van der Waals surface area contributed by atoms with Gasteiger partial charge in [-0.25, -0.2) is 0 Å². The van der Waals surface area contributed by atoms with E-state index >= 15 is 0 Å². The molecular formula is C36H39BO3. The van der Waals surface area contributed by atoms with Gasteiger partial charge >= 0.3 is 7.12 Å². The zero-order valence-electron chi connectivity index (χ0n) is 25.0. The molecule has 1 aliphatic heterocycles. The van der Waals surface area contributed by atoms with Crippen LogP contribution in [0.3, 0.4) is 0 Å². The van der Waals surface area contributed by atoms with Crippen LogP contribution in [0.5, 0.6) is 0 Å². The van der Waals surface area contributed by atoms with E-state index in [0.717, 1.165) is 33.0 Å². The lowest BCUT2D eigenvalue weighted by atomic mass is 9.76. The highest BCUT2D eigenvalue weighted by Crippen LogP contribution is 2.39. The van der Waals surface area contributed by atoms with Gasteiger partial charge in [0.1, 0.15) is 11.2 Å². The summed E-state index contributed by atoms with van der Waals surface area (Å²) in [5, 5.41) is 7.19. The SMILES string of the molecule is CC.CC.CC1(C)OB(c2cccc3oc4ccc(-c5ccc6c(ccc7ccccc76)c5)cc4c23)OC1(C)C. The number of fused-ring (bicyclic) bond motifs is 6. The maximum Gasteiger partial charge on any atom is 0.495 e. The van der Waals surface area contributed by atoms with Gasteiger partial charge in [0, 0.05) is 10.8 Å². The predicted molar refractivity (Wildman–Crippen MR) is 173 cm³/mol. The maximum absolute atomic E-state index is 6.41. The Hall–Kier alpha value is -3.60. The van der Waals surface area contributed by atoms with Crippen molar-refractivity contribution in [3.05, 3.63) is 91.0 Å². The first-order valence-electron chi connectivity index (χ1n) is 14.5. The molecule has 0 radical (unpaired) electrons. The van der Waals surface area contributed by atoms with Gasteiger partial charge in [-0.05, 0) is 90.1 Å². The van der Waals surface area contributed by atoms with E-state index in [0.29, 0.717) is 0 Å². The van der Waals surface area contributed by atoms with Crippen molar-refractivity contribution in [2.45, 2.75) is 66.6 Å². The largest absolute Gasteiger partial charge is 0.495 e. The van der Waals surface area contributed by atoms with Crippen molar-refractivity contribution in [1.82, 2.24) is 0 Å². The van der Waals surface area contributed by atoms with Crippen molar-refractivity contribution in [2.75, 3.05) is 0 Å². The van der Waals surface area contributed by atoms with Gasteiger partial charge in [-0.15, -0.1) is 0 Å². The van der Waals surface area contributed by atoms with Gasteiger partial charge in [-0.2, -0.15) is 0 Å². The van der Waals surface area contributed by atoms with Crippen LogP contribution in [0.1, 0.15) is 55.4 Å². The van der Waals surface area contributed by atoms with Gasteiger partial charge in [-0.1, -0.05) is 94.4 Å². The summed E-state index contributed by atoms with van der Waals surface area (Å²) < 4.78 is 19.1. The van der Waals surface area contributed by atoms with Gasteiger partial charge in [0.05, 0.1) is 11.2 Å². The number of furan rings is 1. The van der Waals surface area contributed by atoms with Crippen LogP contribution in [0.4, 0.5) is 0 Å². The summed E-state index contributed by atoms with van der Waals surface area (Å²) in [6.07, 6.45) is 0. The fraction of sp³-hybridized carbons (Fsp3) is 0.278. The average Bonchev–Trinajstić information content (AvgIpc) is 3.46. The maximum atomic E-state index is 6.41. The summed E-state index contributed by atoms with van der Waals surface area (Å²) in [7, 11) is -0.447. The Kier molecular flexibility index (Phi) is 7.52. The second-order valence-corrected chi connectivity index (χ2v) is 10.8. The van der Waals surface area contributed by atoms with Crippen molar-refractivity contribution >= 4 is 56.1 Å². The van der Waals surface area contributed by atoms with E-state index in [1.165, 1.54) is 27.1 Å². The molecule has 1 fully saturated rings. The number of hydrogen-bond acceptors (Lipinski definition) is 3. The molecule has 0 bridgehead atoms. The number of rotatable bonds is 2. The van der Waals surface area contributed by atoms with Crippen LogP contribution < -0.4 is 5.46 Å². The molecule has 5 aromatic carbocycles. The monoisotopic (exact) mass is 530 g/mol. The summed E-state index contributed by atoms with van der Waals surface area (Å²) in [6.45, 7) is 16.3. The lowest BCUT2D eigenvalue weighted by Gasteiger charge is -2.32. The van der Waals surface area contributed by atoms with Gasteiger partial charge in [0.25, 0.3) is 0 Å². The fourth-order valence-corrected chi connectivity index (χ4v) is 5.39. The van der Waals surface area contributed by atoms with E-state index in [1.807, 2.05) is 39.8 Å². The molecule has 0 aliphatic carbocycles. The molecule has 0 spiro atoms. The van der Waals surface area contributed by atoms with Crippen molar-refractivity contribution in [2.24, 2.45) is 0 Å². The van der Waals surface area contributed by atoms with Gasteiger partial charge < -0.3 is 13.7 Å². The third-order valence-corrected chi connectivity index (χ3v) is 8.11. The van der Waals surface area contributed by atoms with Crippen LogP contribution in [0.25, 0.3) is 54.6 Å². The van der Waals surface area contributed by atoms with Crippen LogP contribution in [-0.2, 0) is 9.31 Å². The molecule has 0 atom stereocenters. The predicted octanol–water partition coefficient (Wildman–Crippen LogP) is 9.91. The van der Waals surface area contributed by atoms with Crippen molar-refractivity contribution in [3.63, 3.8) is 0 Å². The van der Waals surface area contributed by atoms with Gasteiger partial charge in [-0.3, -0.25) is 0 Å².